The Bertz CT molecular complexity index is 597. The van der Waals surface area contributed by atoms with E-state index in [0.717, 1.165) is 16.7 Å². The van der Waals surface area contributed by atoms with E-state index in [0.29, 0.717) is 19.0 Å². The minimum Gasteiger partial charge on any atom is -0.481 e. The van der Waals surface area contributed by atoms with Crippen LogP contribution in [0, 0.1) is 0 Å². The monoisotopic (exact) mass is 286 g/mol. The van der Waals surface area contributed by atoms with Crippen molar-refractivity contribution in [2.45, 2.75) is 19.5 Å². The number of nitrogens with zero attached hydrogens (tertiary/aromatic N) is 1. The maximum absolute atomic E-state index is 10.6. The predicted octanol–water partition coefficient (Wildman–Crippen LogP) is 2.01. The molecule has 0 aliphatic carbocycles. The summed E-state index contributed by atoms with van der Waals surface area (Å²) < 4.78 is 5.19. The zero-order valence-electron chi connectivity index (χ0n) is 11.9. The lowest BCUT2D eigenvalue weighted by atomic mass is 10.1. The lowest BCUT2D eigenvalue weighted by Crippen LogP contribution is -2.13. The van der Waals surface area contributed by atoms with Gasteiger partial charge in [0.2, 0.25) is 5.88 Å². The van der Waals surface area contributed by atoms with Crippen molar-refractivity contribution in [1.29, 1.82) is 0 Å². The molecule has 1 aromatic heterocycles. The molecule has 0 saturated heterocycles. The number of carboxylic acids is 1. The van der Waals surface area contributed by atoms with Crippen molar-refractivity contribution >= 4 is 5.97 Å². The molecule has 5 heteroatoms. The Morgan fingerprint density at radius 2 is 1.90 bits per heavy atom. The van der Waals surface area contributed by atoms with E-state index in [9.17, 15) is 4.79 Å². The van der Waals surface area contributed by atoms with Gasteiger partial charge >= 0.3 is 5.97 Å². The molecule has 0 unspecified atom stereocenters. The molecule has 1 heterocycles. The molecule has 110 valence electrons. The summed E-state index contributed by atoms with van der Waals surface area (Å²) in [7, 11) is 1.60. The highest BCUT2D eigenvalue weighted by Gasteiger charge is 2.03. The van der Waals surface area contributed by atoms with Gasteiger partial charge in [-0.05, 0) is 17.2 Å². The molecule has 2 rings (SSSR count). The molecule has 2 N–H and O–H groups in total. The van der Waals surface area contributed by atoms with Gasteiger partial charge in [-0.25, -0.2) is 4.98 Å². The van der Waals surface area contributed by atoms with Gasteiger partial charge in [-0.1, -0.05) is 30.3 Å². The summed E-state index contributed by atoms with van der Waals surface area (Å²) >= 11 is 0. The van der Waals surface area contributed by atoms with E-state index < -0.39 is 5.97 Å². The molecule has 2 aromatic rings. The summed E-state index contributed by atoms with van der Waals surface area (Å²) in [6.07, 6.45) is 1.75. The van der Waals surface area contributed by atoms with Gasteiger partial charge in [0.15, 0.2) is 0 Å². The second kappa shape index (κ2) is 7.40. The second-order valence-electron chi connectivity index (χ2n) is 4.66. The first-order chi connectivity index (χ1) is 10.2. The molecule has 0 atom stereocenters. The van der Waals surface area contributed by atoms with Crippen LogP contribution < -0.4 is 10.1 Å². The number of methoxy groups -OCH3 is 1. The van der Waals surface area contributed by atoms with Crippen LogP contribution in [-0.2, 0) is 24.3 Å². The maximum Gasteiger partial charge on any atom is 0.307 e. The molecule has 0 fully saturated rings. The topological polar surface area (TPSA) is 71.5 Å². The van der Waals surface area contributed by atoms with Gasteiger partial charge in [0.25, 0.3) is 0 Å². The largest absolute Gasteiger partial charge is 0.481 e. The molecule has 1 aromatic carbocycles. The first-order valence-electron chi connectivity index (χ1n) is 6.67. The lowest BCUT2D eigenvalue weighted by molar-refractivity contribution is -0.136. The molecule has 5 nitrogen and oxygen atoms in total. The summed E-state index contributed by atoms with van der Waals surface area (Å²) in [5.74, 6) is -0.189. The van der Waals surface area contributed by atoms with Crippen LogP contribution >= 0.6 is 0 Å². The third-order valence-corrected chi connectivity index (χ3v) is 3.07. The van der Waals surface area contributed by atoms with E-state index in [1.807, 2.05) is 36.4 Å². The number of carboxylic acid groups (broad SMARTS) is 1. The van der Waals surface area contributed by atoms with Crippen molar-refractivity contribution in [2.24, 2.45) is 0 Å². The number of ether oxygens (including phenoxy) is 1. The van der Waals surface area contributed by atoms with Crippen LogP contribution in [0.2, 0.25) is 0 Å². The van der Waals surface area contributed by atoms with Gasteiger partial charge in [0.1, 0.15) is 0 Å². The summed E-state index contributed by atoms with van der Waals surface area (Å²) in [6, 6.07) is 11.4. The van der Waals surface area contributed by atoms with E-state index in [2.05, 4.69) is 10.3 Å². The average Bonchev–Trinajstić information content (AvgIpc) is 2.49. The number of rotatable bonds is 7. The summed E-state index contributed by atoms with van der Waals surface area (Å²) in [4.78, 5) is 14.8. The molecule has 0 amide bonds. The van der Waals surface area contributed by atoms with Crippen LogP contribution in [0.3, 0.4) is 0 Å². The quantitative estimate of drug-likeness (QED) is 0.814. The number of aliphatic carboxylic acids is 1. The number of benzene rings is 1. The normalized spacial score (nSPS) is 10.3. The van der Waals surface area contributed by atoms with Crippen LogP contribution in [-0.4, -0.2) is 23.2 Å². The van der Waals surface area contributed by atoms with Crippen LogP contribution in [0.5, 0.6) is 5.88 Å². The lowest BCUT2D eigenvalue weighted by Gasteiger charge is -2.08. The molecule has 0 saturated carbocycles. The highest BCUT2D eigenvalue weighted by Crippen LogP contribution is 2.13. The Kier molecular flexibility index (Phi) is 5.29. The summed E-state index contributed by atoms with van der Waals surface area (Å²) in [6.45, 7) is 1.36. The molecule has 0 radical (unpaired) electrons. The number of aromatic nitrogens is 1. The maximum atomic E-state index is 10.6. The zero-order valence-corrected chi connectivity index (χ0v) is 11.9. The SMILES string of the molecule is COc1ncccc1CNCc1ccc(CC(=O)O)cc1. The van der Waals surface area contributed by atoms with Crippen molar-refractivity contribution in [2.75, 3.05) is 7.11 Å². The average molecular weight is 286 g/mol. The molecular weight excluding hydrogens is 268 g/mol. The first-order valence-corrected chi connectivity index (χ1v) is 6.67. The fraction of sp³-hybridized carbons (Fsp3) is 0.250. The van der Waals surface area contributed by atoms with Crippen LogP contribution in [0.15, 0.2) is 42.6 Å². The molecule has 0 aliphatic rings. The molecule has 0 aliphatic heterocycles. The number of carbonyl (C=O) groups is 1. The fourth-order valence-corrected chi connectivity index (χ4v) is 2.03. The van der Waals surface area contributed by atoms with E-state index in [1.165, 1.54) is 0 Å². The van der Waals surface area contributed by atoms with Gasteiger partial charge in [0.05, 0.1) is 13.5 Å². The number of nitrogens with one attached hydrogen (secondary N) is 1. The minimum absolute atomic E-state index is 0.0561. The van der Waals surface area contributed by atoms with Crippen LogP contribution in [0.25, 0.3) is 0 Å². The van der Waals surface area contributed by atoms with Crippen molar-refractivity contribution in [3.05, 3.63) is 59.3 Å². The van der Waals surface area contributed by atoms with E-state index in [1.54, 1.807) is 13.3 Å². The number of pyridine rings is 1. The van der Waals surface area contributed by atoms with Gasteiger partial charge in [0, 0.05) is 24.8 Å². The third kappa shape index (κ3) is 4.57. The standard InChI is InChI=1S/C16H18N2O3/c1-21-16-14(3-2-8-18-16)11-17-10-13-6-4-12(5-7-13)9-15(19)20/h2-8,17H,9-11H2,1H3,(H,19,20). The van der Waals surface area contributed by atoms with Crippen LogP contribution in [0.4, 0.5) is 0 Å². The van der Waals surface area contributed by atoms with Gasteiger partial charge in [-0.3, -0.25) is 4.79 Å². The Hall–Kier alpha value is -2.40. The summed E-state index contributed by atoms with van der Waals surface area (Å²) in [5, 5.41) is 12.0. The highest BCUT2D eigenvalue weighted by atomic mass is 16.5. The smallest absolute Gasteiger partial charge is 0.307 e. The Morgan fingerprint density at radius 3 is 2.57 bits per heavy atom. The van der Waals surface area contributed by atoms with E-state index in [-0.39, 0.29) is 6.42 Å². The van der Waals surface area contributed by atoms with E-state index in [4.69, 9.17) is 9.84 Å². The van der Waals surface area contributed by atoms with Gasteiger partial charge in [-0.2, -0.15) is 0 Å². The Balaban J connectivity index is 1.87. The van der Waals surface area contributed by atoms with Crippen molar-refractivity contribution in [3.63, 3.8) is 0 Å². The van der Waals surface area contributed by atoms with Gasteiger partial charge in [-0.15, -0.1) is 0 Å². The Morgan fingerprint density at radius 1 is 1.19 bits per heavy atom. The zero-order chi connectivity index (χ0) is 15.1. The molecule has 21 heavy (non-hydrogen) atoms. The van der Waals surface area contributed by atoms with Crippen molar-refractivity contribution in [1.82, 2.24) is 10.3 Å². The van der Waals surface area contributed by atoms with Crippen molar-refractivity contribution < 1.29 is 14.6 Å². The third-order valence-electron chi connectivity index (χ3n) is 3.07. The van der Waals surface area contributed by atoms with Gasteiger partial charge < -0.3 is 15.2 Å². The fourth-order valence-electron chi connectivity index (χ4n) is 2.03. The number of hydrogen-bond acceptors (Lipinski definition) is 4. The van der Waals surface area contributed by atoms with E-state index >= 15 is 0 Å². The van der Waals surface area contributed by atoms with Crippen molar-refractivity contribution in [3.8, 4) is 5.88 Å². The Labute approximate surface area is 123 Å². The van der Waals surface area contributed by atoms with Crippen LogP contribution in [0.1, 0.15) is 16.7 Å². The first kappa shape index (κ1) is 15.0. The molecule has 0 bridgehead atoms. The molecular formula is C16H18N2O3. The second-order valence-corrected chi connectivity index (χ2v) is 4.66. The minimum atomic E-state index is -0.815. The highest BCUT2D eigenvalue weighted by molar-refractivity contribution is 5.70. The molecule has 0 spiro atoms. The summed E-state index contributed by atoms with van der Waals surface area (Å²) in [5.41, 5.74) is 2.91. The number of hydrogen-bond donors (Lipinski definition) is 2. The predicted molar refractivity (Wildman–Crippen MR) is 79.1 cm³/mol.